The molecule has 1 aliphatic rings. The molecule has 0 saturated carbocycles. The molecule has 2 amide bonds. The molecule has 0 saturated heterocycles. The van der Waals surface area contributed by atoms with Crippen LogP contribution in [-0.2, 0) is 0 Å². The molecular formula is C21H22Cl3N3O. The van der Waals surface area contributed by atoms with Crippen LogP contribution in [-0.4, -0.2) is 29.2 Å². The van der Waals surface area contributed by atoms with Gasteiger partial charge in [0.2, 0.25) is 0 Å². The average Bonchev–Trinajstić information content (AvgIpc) is 3.02. The molecule has 1 atom stereocenters. The minimum absolute atomic E-state index is 0.253. The lowest BCUT2D eigenvalue weighted by molar-refractivity contribution is 0.206. The van der Waals surface area contributed by atoms with Crippen molar-refractivity contribution in [3.05, 3.63) is 64.1 Å². The normalized spacial score (nSPS) is 18.9. The Morgan fingerprint density at radius 3 is 2.29 bits per heavy atom. The summed E-state index contributed by atoms with van der Waals surface area (Å²) in [5.41, 5.74) is 2.29. The number of urea groups is 1. The molecule has 2 aromatic rings. The maximum absolute atomic E-state index is 12.8. The molecule has 1 unspecified atom stereocenters. The summed E-state index contributed by atoms with van der Waals surface area (Å²) in [7, 11) is 0. The fourth-order valence-electron chi connectivity index (χ4n) is 3.34. The minimum atomic E-state index is -0.269. The van der Waals surface area contributed by atoms with Crippen molar-refractivity contribution < 1.29 is 4.79 Å². The van der Waals surface area contributed by atoms with Gasteiger partial charge >= 0.3 is 6.03 Å². The molecule has 0 radical (unpaired) electrons. The van der Waals surface area contributed by atoms with Crippen LogP contribution in [0.25, 0.3) is 0 Å². The number of nitrogens with one attached hydrogen (secondary N) is 1. The van der Waals surface area contributed by atoms with Gasteiger partial charge in [0.1, 0.15) is 0 Å². The van der Waals surface area contributed by atoms with Gasteiger partial charge in [-0.05, 0) is 54.8 Å². The quantitative estimate of drug-likeness (QED) is 0.398. The van der Waals surface area contributed by atoms with Gasteiger partial charge in [0.05, 0.1) is 12.3 Å². The van der Waals surface area contributed by atoms with Gasteiger partial charge in [0.15, 0.2) is 0 Å². The molecule has 0 aromatic heterocycles. The number of hydrazone groups is 1. The van der Waals surface area contributed by atoms with Crippen molar-refractivity contribution in [1.82, 2.24) is 5.01 Å². The molecule has 0 spiro atoms. The molecule has 0 bridgehead atoms. The number of benzene rings is 2. The van der Waals surface area contributed by atoms with Gasteiger partial charge in [-0.3, -0.25) is 0 Å². The molecule has 0 fully saturated rings. The van der Waals surface area contributed by atoms with Crippen molar-refractivity contribution in [2.24, 2.45) is 10.5 Å². The molecular weight excluding hydrogens is 417 g/mol. The van der Waals surface area contributed by atoms with E-state index >= 15 is 0 Å². The summed E-state index contributed by atoms with van der Waals surface area (Å²) in [6, 6.07) is 14.3. The first-order chi connectivity index (χ1) is 13.4. The van der Waals surface area contributed by atoms with Crippen molar-refractivity contribution in [3.63, 3.8) is 0 Å². The van der Waals surface area contributed by atoms with Crippen LogP contribution in [0.15, 0.2) is 53.6 Å². The lowest BCUT2D eigenvalue weighted by Crippen LogP contribution is -2.35. The summed E-state index contributed by atoms with van der Waals surface area (Å²) >= 11 is 17.8. The van der Waals surface area contributed by atoms with Crippen LogP contribution in [0.3, 0.4) is 0 Å². The zero-order valence-corrected chi connectivity index (χ0v) is 17.9. The smallest absolute Gasteiger partial charge is 0.306 e. The first-order valence-electron chi connectivity index (χ1n) is 9.16. The van der Waals surface area contributed by atoms with Gasteiger partial charge in [-0.2, -0.15) is 5.10 Å². The third-order valence-corrected chi connectivity index (χ3v) is 5.62. The number of unbranched alkanes of at least 4 members (excludes halogenated alkanes) is 1. The van der Waals surface area contributed by atoms with E-state index in [1.54, 1.807) is 24.3 Å². The fourth-order valence-corrected chi connectivity index (χ4v) is 3.78. The zero-order chi connectivity index (χ0) is 20.1. The van der Waals surface area contributed by atoms with Crippen LogP contribution in [0.1, 0.15) is 31.7 Å². The van der Waals surface area contributed by atoms with Crippen molar-refractivity contribution in [2.45, 2.75) is 26.2 Å². The second-order valence-corrected chi connectivity index (χ2v) is 8.41. The number of hydrogen-bond acceptors (Lipinski definition) is 2. The zero-order valence-electron chi connectivity index (χ0n) is 15.6. The first kappa shape index (κ1) is 21.0. The van der Waals surface area contributed by atoms with Crippen LogP contribution in [0.2, 0.25) is 10.0 Å². The summed E-state index contributed by atoms with van der Waals surface area (Å²) in [6.07, 6.45) is 2.80. The van der Waals surface area contributed by atoms with Crippen LogP contribution in [0.4, 0.5) is 10.5 Å². The van der Waals surface area contributed by atoms with E-state index in [2.05, 4.69) is 17.3 Å². The van der Waals surface area contributed by atoms with Crippen LogP contribution in [0, 0.1) is 5.41 Å². The first-order valence-corrected chi connectivity index (χ1v) is 10.5. The Labute approximate surface area is 180 Å². The Bertz CT molecular complexity index is 852. The topological polar surface area (TPSA) is 44.7 Å². The highest BCUT2D eigenvalue weighted by molar-refractivity contribution is 6.31. The lowest BCUT2D eigenvalue weighted by Gasteiger charge is -2.26. The highest BCUT2D eigenvalue weighted by atomic mass is 35.5. The van der Waals surface area contributed by atoms with E-state index in [-0.39, 0.29) is 11.4 Å². The number of hydrogen-bond donors (Lipinski definition) is 1. The summed E-state index contributed by atoms with van der Waals surface area (Å²) in [5, 5.41) is 10.3. The van der Waals surface area contributed by atoms with E-state index < -0.39 is 0 Å². The standard InChI is InChI=1S/C21H22Cl3N3O/c1-21(12-2-3-13-22)14-27(20(28)25-18-10-8-17(24)9-11-18)26-19(21)15-4-6-16(23)7-5-15/h4-11H,2-3,12-14H2,1H3,(H,25,28). The number of amides is 2. The van der Waals surface area contributed by atoms with Gasteiger partial charge in [0, 0.05) is 27.0 Å². The predicted molar refractivity (Wildman–Crippen MR) is 118 cm³/mol. The van der Waals surface area contributed by atoms with E-state index in [1.807, 2.05) is 24.3 Å². The van der Waals surface area contributed by atoms with Gasteiger partial charge < -0.3 is 5.32 Å². The average molecular weight is 439 g/mol. The molecule has 4 nitrogen and oxygen atoms in total. The third kappa shape index (κ3) is 4.99. The largest absolute Gasteiger partial charge is 0.342 e. The Hall–Kier alpha value is -1.75. The predicted octanol–water partition coefficient (Wildman–Crippen LogP) is 6.66. The molecule has 1 aliphatic heterocycles. The van der Waals surface area contributed by atoms with Gasteiger partial charge in [-0.15, -0.1) is 11.6 Å². The van der Waals surface area contributed by atoms with Crippen LogP contribution >= 0.6 is 34.8 Å². The molecule has 1 heterocycles. The second kappa shape index (κ2) is 9.17. The number of nitrogens with zero attached hydrogens (tertiary/aromatic N) is 2. The van der Waals surface area contributed by atoms with Crippen LogP contribution in [0.5, 0.6) is 0 Å². The molecule has 2 aromatic carbocycles. The molecule has 7 heteroatoms. The number of halogens is 3. The third-order valence-electron chi connectivity index (χ3n) is 4.85. The molecule has 148 valence electrons. The monoisotopic (exact) mass is 437 g/mol. The summed E-state index contributed by atoms with van der Waals surface area (Å²) in [6.45, 7) is 2.65. The summed E-state index contributed by atoms with van der Waals surface area (Å²) in [4.78, 5) is 12.8. The van der Waals surface area contributed by atoms with Gasteiger partial charge in [-0.1, -0.05) is 48.7 Å². The molecule has 0 aliphatic carbocycles. The Morgan fingerprint density at radius 1 is 1.07 bits per heavy atom. The molecule has 3 rings (SSSR count). The Morgan fingerprint density at radius 2 is 1.68 bits per heavy atom. The van der Waals surface area contributed by atoms with E-state index in [1.165, 1.54) is 5.01 Å². The van der Waals surface area contributed by atoms with E-state index in [4.69, 9.17) is 34.8 Å². The Balaban J connectivity index is 1.82. The maximum atomic E-state index is 12.8. The number of carbonyl (C=O) groups is 1. The highest BCUT2D eigenvalue weighted by Crippen LogP contribution is 2.36. The van der Waals surface area contributed by atoms with E-state index in [0.717, 1.165) is 30.5 Å². The van der Waals surface area contributed by atoms with Crippen molar-refractivity contribution in [3.8, 4) is 0 Å². The van der Waals surface area contributed by atoms with E-state index in [9.17, 15) is 4.79 Å². The van der Waals surface area contributed by atoms with Crippen molar-refractivity contribution in [1.29, 1.82) is 0 Å². The SMILES string of the molecule is CC1(CCCCCl)CN(C(=O)Nc2ccc(Cl)cc2)N=C1c1ccc(Cl)cc1. The summed E-state index contributed by atoms with van der Waals surface area (Å²) < 4.78 is 0. The molecule has 28 heavy (non-hydrogen) atoms. The number of carbonyl (C=O) groups excluding carboxylic acids is 1. The maximum Gasteiger partial charge on any atom is 0.342 e. The van der Waals surface area contributed by atoms with Gasteiger partial charge in [-0.25, -0.2) is 9.80 Å². The number of rotatable bonds is 6. The Kier molecular flexibility index (Phi) is 6.86. The minimum Gasteiger partial charge on any atom is -0.306 e. The van der Waals surface area contributed by atoms with Crippen LogP contribution < -0.4 is 5.32 Å². The molecule has 1 N–H and O–H groups in total. The fraction of sp³-hybridized carbons (Fsp3) is 0.333. The summed E-state index contributed by atoms with van der Waals surface area (Å²) in [5.74, 6) is 0.629. The van der Waals surface area contributed by atoms with Crippen molar-refractivity contribution in [2.75, 3.05) is 17.7 Å². The van der Waals surface area contributed by atoms with Crippen molar-refractivity contribution >= 4 is 52.2 Å². The number of alkyl halides is 1. The highest BCUT2D eigenvalue weighted by Gasteiger charge is 2.40. The number of anilines is 1. The van der Waals surface area contributed by atoms with E-state index in [0.29, 0.717) is 28.2 Å². The second-order valence-electron chi connectivity index (χ2n) is 7.16. The lowest BCUT2D eigenvalue weighted by atomic mass is 9.78. The van der Waals surface area contributed by atoms with Gasteiger partial charge in [0.25, 0.3) is 0 Å².